The van der Waals surface area contributed by atoms with Crippen LogP contribution in [0.25, 0.3) is 0 Å². The highest BCUT2D eigenvalue weighted by Gasteiger charge is 2.25. The highest BCUT2D eigenvalue weighted by atomic mass is 35.5. The molecule has 0 saturated heterocycles. The molecule has 2 nitrogen and oxygen atoms in total. The summed E-state index contributed by atoms with van der Waals surface area (Å²) in [4.78, 5) is 1.36. The predicted molar refractivity (Wildman–Crippen MR) is 80.9 cm³/mol. The van der Waals surface area contributed by atoms with Gasteiger partial charge in [-0.25, -0.2) is 0 Å². The number of hydrogen-bond acceptors (Lipinski definition) is 3. The number of rotatable bonds is 3. The minimum atomic E-state index is -0.0737. The summed E-state index contributed by atoms with van der Waals surface area (Å²) in [6.07, 6.45) is 4.16. The molecule has 1 saturated carbocycles. The maximum atomic E-state index is 9.58. The van der Waals surface area contributed by atoms with Crippen molar-refractivity contribution >= 4 is 23.4 Å². The Morgan fingerprint density at radius 2 is 2.21 bits per heavy atom. The fraction of sp³-hybridized carbons (Fsp3) is 0.600. The zero-order chi connectivity index (χ0) is 13.2. The lowest BCUT2D eigenvalue weighted by Gasteiger charge is -2.27. The van der Waals surface area contributed by atoms with Gasteiger partial charge in [-0.05, 0) is 67.7 Å². The second kappa shape index (κ2) is 6.04. The fourth-order valence-electron chi connectivity index (χ4n) is 3.12. The van der Waals surface area contributed by atoms with E-state index >= 15 is 0 Å². The van der Waals surface area contributed by atoms with Crippen LogP contribution in [0.3, 0.4) is 0 Å². The molecule has 2 N–H and O–H groups in total. The predicted octanol–water partition coefficient (Wildman–Crippen LogP) is 3.63. The molecule has 4 heteroatoms. The molecule has 3 unspecified atom stereocenters. The zero-order valence-electron chi connectivity index (χ0n) is 10.9. The molecule has 3 atom stereocenters. The van der Waals surface area contributed by atoms with Gasteiger partial charge in [-0.3, -0.25) is 0 Å². The Bertz CT molecular complexity index is 454. The van der Waals surface area contributed by atoms with E-state index in [0.717, 1.165) is 37.3 Å². The molecular weight excluding hydrogens is 278 g/mol. The summed E-state index contributed by atoms with van der Waals surface area (Å²) >= 11 is 8.04. The summed E-state index contributed by atoms with van der Waals surface area (Å²) in [5.74, 6) is 1.80. The second-order valence-corrected chi connectivity index (χ2v) is 7.19. The quantitative estimate of drug-likeness (QED) is 0.893. The normalized spacial score (nSPS) is 30.3. The number of benzene rings is 1. The van der Waals surface area contributed by atoms with Gasteiger partial charge in [0.15, 0.2) is 0 Å². The molecule has 1 aromatic rings. The summed E-state index contributed by atoms with van der Waals surface area (Å²) in [7, 11) is 0. The van der Waals surface area contributed by atoms with Crippen molar-refractivity contribution in [1.82, 2.24) is 5.32 Å². The molecule has 1 aromatic carbocycles. The van der Waals surface area contributed by atoms with Crippen molar-refractivity contribution in [3.05, 3.63) is 28.8 Å². The summed E-state index contributed by atoms with van der Waals surface area (Å²) < 4.78 is 0. The van der Waals surface area contributed by atoms with Crippen LogP contribution in [0, 0.1) is 5.92 Å². The summed E-state index contributed by atoms with van der Waals surface area (Å²) in [6.45, 7) is 1.01. The highest BCUT2D eigenvalue weighted by molar-refractivity contribution is 7.99. The van der Waals surface area contributed by atoms with Gasteiger partial charge < -0.3 is 10.4 Å². The minimum absolute atomic E-state index is 0.0737. The molecule has 1 heterocycles. The molecule has 0 spiro atoms. The Morgan fingerprint density at radius 3 is 3.00 bits per heavy atom. The first-order valence-corrected chi connectivity index (χ1v) is 8.42. The van der Waals surface area contributed by atoms with E-state index < -0.39 is 0 Å². The van der Waals surface area contributed by atoms with Crippen LogP contribution in [-0.2, 0) is 0 Å². The number of thioether (sulfide) groups is 1. The van der Waals surface area contributed by atoms with E-state index in [4.69, 9.17) is 11.6 Å². The second-order valence-electron chi connectivity index (χ2n) is 5.61. The van der Waals surface area contributed by atoms with E-state index in [-0.39, 0.29) is 6.10 Å². The number of aliphatic hydroxyl groups is 1. The van der Waals surface area contributed by atoms with E-state index in [1.165, 1.54) is 16.2 Å². The van der Waals surface area contributed by atoms with Gasteiger partial charge in [0.1, 0.15) is 0 Å². The Hall–Kier alpha value is -0.220. The molecular formula is C15H20ClNOS. The molecule has 0 aromatic heterocycles. The molecule has 2 aliphatic rings. The van der Waals surface area contributed by atoms with Crippen LogP contribution < -0.4 is 5.32 Å². The minimum Gasteiger partial charge on any atom is -0.393 e. The average Bonchev–Trinajstić information content (AvgIpc) is 2.82. The summed E-state index contributed by atoms with van der Waals surface area (Å²) in [5, 5.41) is 14.1. The lowest BCUT2D eigenvalue weighted by Crippen LogP contribution is -2.29. The van der Waals surface area contributed by atoms with Crippen molar-refractivity contribution in [2.45, 2.75) is 42.7 Å². The molecule has 0 amide bonds. The zero-order valence-corrected chi connectivity index (χ0v) is 12.5. The van der Waals surface area contributed by atoms with Crippen molar-refractivity contribution in [1.29, 1.82) is 0 Å². The number of aliphatic hydroxyl groups excluding tert-OH is 1. The summed E-state index contributed by atoms with van der Waals surface area (Å²) in [6, 6.07) is 6.63. The van der Waals surface area contributed by atoms with Crippen LogP contribution in [-0.4, -0.2) is 23.5 Å². The van der Waals surface area contributed by atoms with Gasteiger partial charge in [-0.2, -0.15) is 0 Å². The molecule has 19 heavy (non-hydrogen) atoms. The van der Waals surface area contributed by atoms with Crippen molar-refractivity contribution in [2.75, 3.05) is 12.3 Å². The molecule has 104 valence electrons. The van der Waals surface area contributed by atoms with Crippen LogP contribution in [0.4, 0.5) is 0 Å². The number of nitrogens with one attached hydrogen (secondary N) is 1. The molecule has 1 aliphatic heterocycles. The Kier molecular flexibility index (Phi) is 4.37. The molecule has 1 fully saturated rings. The first-order valence-electron chi connectivity index (χ1n) is 7.06. The summed E-state index contributed by atoms with van der Waals surface area (Å²) in [5.41, 5.74) is 1.35. The molecule has 0 bridgehead atoms. The van der Waals surface area contributed by atoms with Crippen molar-refractivity contribution in [2.24, 2.45) is 5.92 Å². The van der Waals surface area contributed by atoms with Gasteiger partial charge in [-0.15, -0.1) is 11.8 Å². The van der Waals surface area contributed by atoms with Crippen molar-refractivity contribution in [3.8, 4) is 0 Å². The maximum absolute atomic E-state index is 9.58. The monoisotopic (exact) mass is 297 g/mol. The highest BCUT2D eigenvalue weighted by Crippen LogP contribution is 2.38. The third kappa shape index (κ3) is 3.27. The first-order chi connectivity index (χ1) is 9.22. The number of halogens is 1. The average molecular weight is 298 g/mol. The third-order valence-electron chi connectivity index (χ3n) is 4.18. The van der Waals surface area contributed by atoms with Crippen LogP contribution >= 0.6 is 23.4 Å². The van der Waals surface area contributed by atoms with Crippen molar-refractivity contribution in [3.63, 3.8) is 0 Å². The Morgan fingerprint density at radius 1 is 1.32 bits per heavy atom. The SMILES string of the molecule is OC1CCC(CNC2CCSc3ccc(Cl)cc32)C1. The lowest BCUT2D eigenvalue weighted by atomic mass is 10.0. The largest absolute Gasteiger partial charge is 0.393 e. The van der Waals surface area contributed by atoms with Gasteiger partial charge in [-0.1, -0.05) is 11.6 Å². The molecule has 3 rings (SSSR count). The van der Waals surface area contributed by atoms with Gasteiger partial charge in [0.2, 0.25) is 0 Å². The van der Waals surface area contributed by atoms with Gasteiger partial charge >= 0.3 is 0 Å². The maximum Gasteiger partial charge on any atom is 0.0543 e. The van der Waals surface area contributed by atoms with Gasteiger partial charge in [0, 0.05) is 16.0 Å². The molecule has 0 radical (unpaired) electrons. The first kappa shape index (κ1) is 13.7. The van der Waals surface area contributed by atoms with E-state index in [1.807, 2.05) is 17.8 Å². The van der Waals surface area contributed by atoms with Crippen LogP contribution in [0.15, 0.2) is 23.1 Å². The van der Waals surface area contributed by atoms with Crippen LogP contribution in [0.1, 0.15) is 37.3 Å². The Balaban J connectivity index is 1.64. The smallest absolute Gasteiger partial charge is 0.0543 e. The van der Waals surface area contributed by atoms with E-state index in [1.54, 1.807) is 0 Å². The molecule has 1 aliphatic carbocycles. The van der Waals surface area contributed by atoms with Crippen LogP contribution in [0.5, 0.6) is 0 Å². The van der Waals surface area contributed by atoms with E-state index in [0.29, 0.717) is 12.0 Å². The topological polar surface area (TPSA) is 32.3 Å². The van der Waals surface area contributed by atoms with Crippen LogP contribution in [0.2, 0.25) is 5.02 Å². The Labute approximate surface area is 123 Å². The van der Waals surface area contributed by atoms with Gasteiger partial charge in [0.25, 0.3) is 0 Å². The standard InChI is InChI=1S/C15H20ClNOS/c16-11-2-4-15-13(8-11)14(5-6-19-15)17-9-10-1-3-12(18)7-10/h2,4,8,10,12,14,17-18H,1,3,5-7,9H2. The fourth-order valence-corrected chi connectivity index (χ4v) is 4.41. The van der Waals surface area contributed by atoms with Gasteiger partial charge in [0.05, 0.1) is 6.10 Å². The van der Waals surface area contributed by atoms with E-state index in [9.17, 15) is 5.11 Å². The van der Waals surface area contributed by atoms with E-state index in [2.05, 4.69) is 17.4 Å². The van der Waals surface area contributed by atoms with Crippen molar-refractivity contribution < 1.29 is 5.11 Å². The third-order valence-corrected chi connectivity index (χ3v) is 5.54. The number of fused-ring (bicyclic) bond motifs is 1. The lowest BCUT2D eigenvalue weighted by molar-refractivity contribution is 0.177. The number of hydrogen-bond donors (Lipinski definition) is 2.